The normalized spacial score (nSPS) is 16.6. The molecular weight excluding hydrogens is 433 g/mol. The fraction of sp³-hybridized carbons (Fsp3) is 0.444. The zero-order chi connectivity index (χ0) is 24.2. The number of ether oxygens (including phenoxy) is 1. The molecule has 6 nitrogen and oxygen atoms in total. The Kier molecular flexibility index (Phi) is 7.41. The number of hydrogen-bond acceptors (Lipinski definition) is 4. The molecule has 1 aliphatic heterocycles. The molecule has 180 valence electrons. The topological polar surface area (TPSA) is 82.5 Å². The van der Waals surface area contributed by atoms with Gasteiger partial charge in [0.2, 0.25) is 0 Å². The van der Waals surface area contributed by atoms with Crippen molar-refractivity contribution in [2.75, 3.05) is 26.8 Å². The summed E-state index contributed by atoms with van der Waals surface area (Å²) in [6.45, 7) is 3.36. The first-order valence-electron chi connectivity index (χ1n) is 12.0. The predicted octanol–water partition coefficient (Wildman–Crippen LogP) is 4.47. The molecule has 7 heteroatoms. The molecule has 1 aliphatic carbocycles. The molecule has 0 saturated heterocycles. The zero-order valence-corrected chi connectivity index (χ0v) is 19.8. The highest BCUT2D eigenvalue weighted by Gasteiger charge is 2.31. The molecule has 0 unspecified atom stereocenters. The van der Waals surface area contributed by atoms with Crippen molar-refractivity contribution in [1.29, 1.82) is 5.41 Å². The Morgan fingerprint density at radius 1 is 1.24 bits per heavy atom. The van der Waals surface area contributed by atoms with Gasteiger partial charge in [-0.3, -0.25) is 9.59 Å². The highest BCUT2D eigenvalue weighted by Crippen LogP contribution is 2.32. The second-order valence-electron chi connectivity index (χ2n) is 9.27. The number of benzene rings is 2. The van der Waals surface area contributed by atoms with E-state index in [1.807, 2.05) is 17.9 Å². The van der Waals surface area contributed by atoms with Gasteiger partial charge in [-0.2, -0.15) is 0 Å². The van der Waals surface area contributed by atoms with E-state index in [4.69, 9.17) is 10.1 Å². The van der Waals surface area contributed by atoms with Gasteiger partial charge >= 0.3 is 0 Å². The van der Waals surface area contributed by atoms with Gasteiger partial charge in [0.25, 0.3) is 11.8 Å². The third-order valence-electron chi connectivity index (χ3n) is 7.00. The highest BCUT2D eigenvalue weighted by atomic mass is 19.1. The first kappa shape index (κ1) is 24.1. The number of nitrogens with one attached hydrogen (secondary N) is 2. The van der Waals surface area contributed by atoms with Gasteiger partial charge in [-0.1, -0.05) is 24.6 Å². The van der Waals surface area contributed by atoms with E-state index >= 15 is 0 Å². The summed E-state index contributed by atoms with van der Waals surface area (Å²) in [5.74, 6) is -0.454. The van der Waals surface area contributed by atoms with Crippen LogP contribution in [0, 0.1) is 17.1 Å². The van der Waals surface area contributed by atoms with E-state index in [2.05, 4.69) is 5.32 Å². The molecule has 1 saturated carbocycles. The average molecular weight is 466 g/mol. The number of methoxy groups -OCH3 is 1. The number of hydrogen-bond donors (Lipinski definition) is 2. The van der Waals surface area contributed by atoms with Crippen LogP contribution in [0.4, 0.5) is 4.39 Å². The van der Waals surface area contributed by atoms with Crippen LogP contribution >= 0.6 is 0 Å². The van der Waals surface area contributed by atoms with Crippen LogP contribution in [-0.4, -0.2) is 55.3 Å². The summed E-state index contributed by atoms with van der Waals surface area (Å²) >= 11 is 0. The molecule has 34 heavy (non-hydrogen) atoms. The molecule has 0 aromatic heterocycles. The maximum absolute atomic E-state index is 14.9. The molecule has 0 bridgehead atoms. The SMILES string of the molecule is COCCNC(=O)c1ccc(-c2ccc3c(c2)CCN([C@H](C)CC(=N)C2CCC2)C3=O)c(F)c1. The second kappa shape index (κ2) is 10.5. The summed E-state index contributed by atoms with van der Waals surface area (Å²) in [4.78, 5) is 27.2. The molecule has 1 heterocycles. The van der Waals surface area contributed by atoms with Gasteiger partial charge in [0.1, 0.15) is 5.82 Å². The molecule has 4 rings (SSSR count). The monoisotopic (exact) mass is 465 g/mol. The van der Waals surface area contributed by atoms with Crippen molar-refractivity contribution in [3.8, 4) is 11.1 Å². The highest BCUT2D eigenvalue weighted by molar-refractivity contribution is 5.98. The van der Waals surface area contributed by atoms with Gasteiger partial charge in [0.15, 0.2) is 0 Å². The van der Waals surface area contributed by atoms with Crippen molar-refractivity contribution in [3.63, 3.8) is 0 Å². The molecule has 2 aromatic carbocycles. The number of nitrogens with zero attached hydrogens (tertiary/aromatic N) is 1. The number of amides is 2. The van der Waals surface area contributed by atoms with Crippen molar-refractivity contribution in [2.45, 2.75) is 45.1 Å². The van der Waals surface area contributed by atoms with Crippen LogP contribution in [0.15, 0.2) is 36.4 Å². The van der Waals surface area contributed by atoms with Gasteiger partial charge in [0.05, 0.1) is 6.61 Å². The lowest BCUT2D eigenvalue weighted by Crippen LogP contribution is -2.45. The van der Waals surface area contributed by atoms with Gasteiger partial charge in [0, 0.05) is 55.1 Å². The van der Waals surface area contributed by atoms with Crippen molar-refractivity contribution >= 4 is 17.5 Å². The van der Waals surface area contributed by atoms with Crippen LogP contribution < -0.4 is 5.32 Å². The minimum Gasteiger partial charge on any atom is -0.383 e. The summed E-state index contributed by atoms with van der Waals surface area (Å²) in [7, 11) is 1.55. The molecule has 1 atom stereocenters. The summed E-state index contributed by atoms with van der Waals surface area (Å²) in [5.41, 5.74) is 3.64. The Morgan fingerprint density at radius 3 is 2.68 bits per heavy atom. The fourth-order valence-corrected chi connectivity index (χ4v) is 4.71. The van der Waals surface area contributed by atoms with Crippen LogP contribution in [0.5, 0.6) is 0 Å². The largest absolute Gasteiger partial charge is 0.383 e. The maximum Gasteiger partial charge on any atom is 0.254 e. The maximum atomic E-state index is 14.9. The predicted molar refractivity (Wildman–Crippen MR) is 130 cm³/mol. The van der Waals surface area contributed by atoms with Crippen LogP contribution in [-0.2, 0) is 11.2 Å². The van der Waals surface area contributed by atoms with E-state index in [1.165, 1.54) is 12.5 Å². The van der Waals surface area contributed by atoms with Gasteiger partial charge in [-0.25, -0.2) is 4.39 Å². The third kappa shape index (κ3) is 5.04. The molecule has 2 aromatic rings. The summed E-state index contributed by atoms with van der Waals surface area (Å²) in [5, 5.41) is 11.0. The standard InChI is InChI=1S/C27H32FN3O3/c1-17(14-25(29)18-4-3-5-18)31-12-10-20-15-19(6-9-23(20)27(31)33)22-8-7-21(16-24(22)28)26(32)30-11-13-34-2/h6-9,15-18,29H,3-5,10-14H2,1-2H3,(H,30,32)/t17-/m1/s1. The van der Waals surface area contributed by atoms with Crippen LogP contribution in [0.1, 0.15) is 58.9 Å². The minimum absolute atomic E-state index is 0.00606. The van der Waals surface area contributed by atoms with E-state index in [-0.39, 0.29) is 23.4 Å². The number of halogens is 1. The quantitative estimate of drug-likeness (QED) is 0.424. The Hall–Kier alpha value is -3.06. The molecule has 2 aliphatic rings. The lowest BCUT2D eigenvalue weighted by atomic mass is 9.79. The fourth-order valence-electron chi connectivity index (χ4n) is 4.71. The van der Waals surface area contributed by atoms with Crippen molar-refractivity contribution in [2.24, 2.45) is 5.92 Å². The number of fused-ring (bicyclic) bond motifs is 1. The van der Waals surface area contributed by atoms with Crippen LogP contribution in [0.25, 0.3) is 11.1 Å². The summed E-state index contributed by atoms with van der Waals surface area (Å²) in [6, 6.07) is 9.85. The second-order valence-corrected chi connectivity index (χ2v) is 9.27. The smallest absolute Gasteiger partial charge is 0.254 e. The Balaban J connectivity index is 1.46. The molecule has 2 amide bonds. The number of carbonyl (C=O) groups is 2. The molecule has 0 spiro atoms. The van der Waals surface area contributed by atoms with Crippen molar-refractivity contribution in [3.05, 3.63) is 58.9 Å². The summed E-state index contributed by atoms with van der Waals surface area (Å²) in [6.07, 6.45) is 4.71. The molecule has 1 fully saturated rings. The Morgan fingerprint density at radius 2 is 2.00 bits per heavy atom. The van der Waals surface area contributed by atoms with E-state index in [0.717, 1.165) is 24.1 Å². The third-order valence-corrected chi connectivity index (χ3v) is 7.00. The number of carbonyl (C=O) groups excluding carboxylic acids is 2. The van der Waals surface area contributed by atoms with Crippen LogP contribution in [0.2, 0.25) is 0 Å². The average Bonchev–Trinajstić information content (AvgIpc) is 2.77. The first-order chi connectivity index (χ1) is 16.4. The van der Waals surface area contributed by atoms with Crippen molar-refractivity contribution < 1.29 is 18.7 Å². The minimum atomic E-state index is -0.480. The summed E-state index contributed by atoms with van der Waals surface area (Å²) < 4.78 is 19.8. The Bertz CT molecular complexity index is 1100. The first-order valence-corrected chi connectivity index (χ1v) is 12.0. The van der Waals surface area contributed by atoms with E-state index in [1.54, 1.807) is 31.4 Å². The van der Waals surface area contributed by atoms with E-state index in [9.17, 15) is 14.0 Å². The molecule has 2 N–H and O–H groups in total. The van der Waals surface area contributed by atoms with E-state index < -0.39 is 5.82 Å². The molecule has 0 radical (unpaired) electrons. The lowest BCUT2D eigenvalue weighted by molar-refractivity contribution is 0.0678. The Labute approximate surface area is 200 Å². The zero-order valence-electron chi connectivity index (χ0n) is 19.8. The van der Waals surface area contributed by atoms with Crippen LogP contribution in [0.3, 0.4) is 0 Å². The van der Waals surface area contributed by atoms with Gasteiger partial charge in [-0.15, -0.1) is 0 Å². The van der Waals surface area contributed by atoms with E-state index in [0.29, 0.717) is 55.1 Å². The molecular formula is C27H32FN3O3. The van der Waals surface area contributed by atoms with Crippen molar-refractivity contribution in [1.82, 2.24) is 10.2 Å². The van der Waals surface area contributed by atoms with Gasteiger partial charge < -0.3 is 20.4 Å². The lowest BCUT2D eigenvalue weighted by Gasteiger charge is -2.36. The number of rotatable bonds is 9. The van der Waals surface area contributed by atoms with Gasteiger partial charge in [-0.05, 0) is 61.4 Å².